The van der Waals surface area contributed by atoms with Crippen LogP contribution in [0.1, 0.15) is 51.3 Å². The summed E-state index contributed by atoms with van der Waals surface area (Å²) < 4.78 is 5.77. The second kappa shape index (κ2) is 11.1. The highest BCUT2D eigenvalue weighted by Crippen LogP contribution is 2.27. The van der Waals surface area contributed by atoms with Crippen LogP contribution < -0.4 is 5.48 Å². The molecule has 0 spiro atoms. The quantitative estimate of drug-likeness (QED) is 0.581. The molecule has 1 aromatic rings. The van der Waals surface area contributed by atoms with Gasteiger partial charge in [0.25, 0.3) is 0 Å². The molecule has 6 unspecified atom stereocenters. The number of ether oxygens (including phenoxy) is 1. The van der Waals surface area contributed by atoms with E-state index < -0.39 is 5.97 Å². The molecule has 9 nitrogen and oxygen atoms in total. The van der Waals surface area contributed by atoms with Gasteiger partial charge in [0, 0.05) is 31.7 Å². The molecule has 188 valence electrons. The van der Waals surface area contributed by atoms with Crippen LogP contribution in [-0.2, 0) is 14.4 Å². The van der Waals surface area contributed by atoms with Crippen LogP contribution in [0.15, 0.2) is 29.4 Å². The fraction of sp³-hybridized carbons (Fsp3) is 0.680. The van der Waals surface area contributed by atoms with Crippen molar-refractivity contribution in [3.05, 3.63) is 35.4 Å². The van der Waals surface area contributed by atoms with E-state index in [1.54, 1.807) is 0 Å². The van der Waals surface area contributed by atoms with E-state index in [1.807, 2.05) is 6.21 Å². The number of hydrazone groups is 1. The van der Waals surface area contributed by atoms with Gasteiger partial charge in [0.15, 0.2) is 0 Å². The molecule has 3 saturated heterocycles. The Labute approximate surface area is 202 Å². The van der Waals surface area contributed by atoms with Crippen molar-refractivity contribution in [2.45, 2.75) is 70.6 Å². The maximum atomic E-state index is 11.1. The first-order valence-electron chi connectivity index (χ1n) is 12.4. The van der Waals surface area contributed by atoms with Gasteiger partial charge < -0.3 is 9.84 Å². The fourth-order valence-corrected chi connectivity index (χ4v) is 5.43. The summed E-state index contributed by atoms with van der Waals surface area (Å²) in [5.74, 6) is -0.763. The number of morpholine rings is 1. The topological polar surface area (TPSA) is 89.9 Å². The number of piperazine rings is 1. The Hall–Kier alpha value is -2.04. The Morgan fingerprint density at radius 3 is 2.35 bits per heavy atom. The molecule has 3 aliphatic heterocycles. The first-order chi connectivity index (χ1) is 16.3. The van der Waals surface area contributed by atoms with E-state index >= 15 is 0 Å². The van der Waals surface area contributed by atoms with E-state index in [9.17, 15) is 4.79 Å². The van der Waals surface area contributed by atoms with Crippen LogP contribution in [0.5, 0.6) is 0 Å². The Kier molecular flexibility index (Phi) is 8.21. The highest BCUT2D eigenvalue weighted by atomic mass is 16.7. The number of hydrogen-bond acceptors (Lipinski definition) is 8. The first kappa shape index (κ1) is 25.1. The zero-order chi connectivity index (χ0) is 24.2. The predicted octanol–water partition coefficient (Wildman–Crippen LogP) is 1.94. The van der Waals surface area contributed by atoms with Gasteiger partial charge in [0.05, 0.1) is 50.2 Å². The van der Waals surface area contributed by atoms with E-state index in [-0.39, 0.29) is 43.0 Å². The van der Waals surface area contributed by atoms with Gasteiger partial charge in [0.2, 0.25) is 0 Å². The highest BCUT2D eigenvalue weighted by Gasteiger charge is 2.34. The number of nitrogens with zero attached hydrogens (tertiary/aromatic N) is 4. The van der Waals surface area contributed by atoms with Crippen molar-refractivity contribution in [3.8, 4) is 0 Å². The van der Waals surface area contributed by atoms with Gasteiger partial charge in [-0.25, -0.2) is 0 Å². The minimum Gasteiger partial charge on any atom is -0.480 e. The lowest BCUT2D eigenvalue weighted by atomic mass is 10.0. The Morgan fingerprint density at radius 2 is 1.74 bits per heavy atom. The minimum absolute atomic E-state index is 0.102. The van der Waals surface area contributed by atoms with Gasteiger partial charge in [0.1, 0.15) is 0 Å². The number of aliphatic carboxylic acids is 1. The van der Waals surface area contributed by atoms with Crippen LogP contribution in [0.3, 0.4) is 0 Å². The first-order valence-corrected chi connectivity index (χ1v) is 12.4. The Morgan fingerprint density at radius 1 is 1.09 bits per heavy atom. The molecule has 0 bridgehead atoms. The predicted molar refractivity (Wildman–Crippen MR) is 131 cm³/mol. The largest absolute Gasteiger partial charge is 0.480 e. The molecule has 0 radical (unpaired) electrons. The lowest BCUT2D eigenvalue weighted by molar-refractivity contribution is -0.140. The molecule has 2 N–H and O–H groups in total. The molecule has 34 heavy (non-hydrogen) atoms. The molecule has 3 fully saturated rings. The van der Waals surface area contributed by atoms with E-state index in [2.05, 4.69) is 77.4 Å². The zero-order valence-corrected chi connectivity index (χ0v) is 20.8. The van der Waals surface area contributed by atoms with Crippen LogP contribution in [0.2, 0.25) is 0 Å². The number of hydroxylamine groups is 1. The van der Waals surface area contributed by atoms with Crippen molar-refractivity contribution in [2.75, 3.05) is 39.3 Å². The maximum Gasteiger partial charge on any atom is 0.317 e. The van der Waals surface area contributed by atoms with Crippen molar-refractivity contribution in [1.82, 2.24) is 20.3 Å². The number of rotatable bonds is 7. The molecule has 6 atom stereocenters. The molecular weight excluding hydrogens is 434 g/mol. The smallest absolute Gasteiger partial charge is 0.317 e. The lowest BCUT2D eigenvalue weighted by Crippen LogP contribution is -2.58. The zero-order valence-electron chi connectivity index (χ0n) is 20.8. The van der Waals surface area contributed by atoms with Crippen molar-refractivity contribution in [2.24, 2.45) is 5.10 Å². The second-order valence-electron chi connectivity index (χ2n) is 10.2. The lowest BCUT2D eigenvalue weighted by Gasteiger charge is -2.44. The second-order valence-corrected chi connectivity index (χ2v) is 10.2. The standard InChI is InChI=1S/C25H39N5O4/c1-17-11-28(12-18(2)30(17)16-25(31)32)15-23-9-24(27-34-23)22-7-5-21(6-8-22)10-26-29-13-19(3)33-20(4)14-29/h5-8,10,17-20,23-24,27H,9,11-16H2,1-4H3,(H,31,32). The normalized spacial score (nSPS) is 33.6. The van der Waals surface area contributed by atoms with Crippen LogP contribution >= 0.6 is 0 Å². The molecule has 0 aromatic heterocycles. The van der Waals surface area contributed by atoms with Gasteiger partial charge in [-0.1, -0.05) is 24.3 Å². The summed E-state index contributed by atoms with van der Waals surface area (Å²) in [5.41, 5.74) is 5.50. The van der Waals surface area contributed by atoms with Crippen molar-refractivity contribution in [3.63, 3.8) is 0 Å². The molecule has 3 aliphatic rings. The van der Waals surface area contributed by atoms with Gasteiger partial charge in [-0.05, 0) is 45.2 Å². The van der Waals surface area contributed by atoms with E-state index in [0.717, 1.165) is 44.7 Å². The average molecular weight is 474 g/mol. The minimum atomic E-state index is -0.763. The monoisotopic (exact) mass is 473 g/mol. The number of carboxylic acid groups (broad SMARTS) is 1. The highest BCUT2D eigenvalue weighted by molar-refractivity contribution is 5.79. The van der Waals surface area contributed by atoms with Gasteiger partial charge in [-0.2, -0.15) is 10.6 Å². The number of hydrogen-bond donors (Lipinski definition) is 2. The van der Waals surface area contributed by atoms with Gasteiger partial charge >= 0.3 is 5.97 Å². The van der Waals surface area contributed by atoms with Crippen LogP contribution in [0.4, 0.5) is 0 Å². The maximum absolute atomic E-state index is 11.1. The molecule has 0 amide bonds. The fourth-order valence-electron chi connectivity index (χ4n) is 5.43. The molecule has 0 saturated carbocycles. The molecule has 9 heteroatoms. The van der Waals surface area contributed by atoms with Crippen molar-refractivity contribution < 1.29 is 19.5 Å². The summed E-state index contributed by atoms with van der Waals surface area (Å²) in [6.07, 6.45) is 3.34. The van der Waals surface area contributed by atoms with Gasteiger partial charge in [-0.15, -0.1) is 0 Å². The number of carbonyl (C=O) groups is 1. The Bertz CT molecular complexity index is 828. The molecule has 4 rings (SSSR count). The average Bonchev–Trinajstić information content (AvgIpc) is 3.23. The van der Waals surface area contributed by atoms with Crippen LogP contribution in [0, 0.1) is 0 Å². The summed E-state index contributed by atoms with van der Waals surface area (Å²) in [5, 5.41) is 15.9. The molecule has 0 aliphatic carbocycles. The van der Waals surface area contributed by atoms with Crippen LogP contribution in [0.25, 0.3) is 0 Å². The third-order valence-electron chi connectivity index (χ3n) is 6.94. The molecule has 1 aromatic carbocycles. The number of carboxylic acids is 1. The summed E-state index contributed by atoms with van der Waals surface area (Å²) >= 11 is 0. The van der Waals surface area contributed by atoms with Crippen LogP contribution in [-0.4, -0.2) is 102 Å². The SMILES string of the molecule is CC1CN(N=Cc2ccc(C3CC(CN4CC(C)N(CC(=O)O)C(C)C4)ON3)cc2)CC(C)O1. The number of benzene rings is 1. The Balaban J connectivity index is 1.26. The van der Waals surface area contributed by atoms with E-state index in [0.29, 0.717) is 0 Å². The van der Waals surface area contributed by atoms with Crippen molar-refractivity contribution in [1.29, 1.82) is 0 Å². The number of nitrogens with one attached hydrogen (secondary N) is 1. The van der Waals surface area contributed by atoms with E-state index in [1.165, 1.54) is 5.56 Å². The summed E-state index contributed by atoms with van der Waals surface area (Å²) in [4.78, 5) is 21.5. The molecular formula is C25H39N5O4. The van der Waals surface area contributed by atoms with Gasteiger partial charge in [-0.3, -0.25) is 24.4 Å². The summed E-state index contributed by atoms with van der Waals surface area (Å²) in [7, 11) is 0. The van der Waals surface area contributed by atoms with E-state index in [4.69, 9.17) is 14.7 Å². The summed E-state index contributed by atoms with van der Waals surface area (Å²) in [6, 6.07) is 9.08. The summed E-state index contributed by atoms with van der Waals surface area (Å²) in [6.45, 7) is 12.7. The third-order valence-corrected chi connectivity index (χ3v) is 6.94. The van der Waals surface area contributed by atoms with Crippen molar-refractivity contribution >= 4 is 12.2 Å². The molecule has 3 heterocycles. The third kappa shape index (κ3) is 6.55.